The Labute approximate surface area is 120 Å². The average Bonchev–Trinajstić information content (AvgIpc) is 2.76. The Hall–Kier alpha value is -2.13. The van der Waals surface area contributed by atoms with Crippen molar-refractivity contribution >= 4 is 28.8 Å². The minimum absolute atomic E-state index is 0.362. The summed E-state index contributed by atoms with van der Waals surface area (Å²) < 4.78 is 15.3. The van der Waals surface area contributed by atoms with Gasteiger partial charge < -0.3 is 4.57 Å². The van der Waals surface area contributed by atoms with Gasteiger partial charge in [0.25, 0.3) is 0 Å². The fraction of sp³-hybridized carbons (Fsp3) is 0.0625. The van der Waals surface area contributed by atoms with Crippen molar-refractivity contribution in [3.8, 4) is 0 Å². The van der Waals surface area contributed by atoms with Crippen LogP contribution in [0, 0.1) is 5.82 Å². The van der Waals surface area contributed by atoms with Gasteiger partial charge in [-0.05, 0) is 29.8 Å². The molecule has 1 aromatic heterocycles. The van der Waals surface area contributed by atoms with Crippen molar-refractivity contribution in [2.24, 2.45) is 0 Å². The van der Waals surface area contributed by atoms with E-state index in [0.717, 1.165) is 22.8 Å². The van der Waals surface area contributed by atoms with Gasteiger partial charge in [0.15, 0.2) is 6.29 Å². The van der Waals surface area contributed by atoms with Gasteiger partial charge in [-0.15, -0.1) is 0 Å². The third-order valence-electron chi connectivity index (χ3n) is 3.22. The lowest BCUT2D eigenvalue weighted by atomic mass is 10.2. The van der Waals surface area contributed by atoms with Crippen LogP contribution in [0.4, 0.5) is 4.39 Å². The van der Waals surface area contributed by atoms with Crippen molar-refractivity contribution < 1.29 is 9.18 Å². The van der Waals surface area contributed by atoms with E-state index < -0.39 is 0 Å². The van der Waals surface area contributed by atoms with Gasteiger partial charge in [-0.3, -0.25) is 4.79 Å². The normalized spacial score (nSPS) is 10.9. The molecule has 0 saturated carbocycles. The van der Waals surface area contributed by atoms with Crippen LogP contribution in [0.1, 0.15) is 15.9 Å². The number of benzene rings is 2. The highest BCUT2D eigenvalue weighted by Gasteiger charge is 2.08. The summed E-state index contributed by atoms with van der Waals surface area (Å²) in [5.41, 5.74) is 2.33. The first kappa shape index (κ1) is 12.9. The highest BCUT2D eigenvalue weighted by molar-refractivity contribution is 6.30. The molecule has 0 aliphatic carbocycles. The number of rotatable bonds is 3. The van der Waals surface area contributed by atoms with Crippen LogP contribution < -0.4 is 0 Å². The summed E-state index contributed by atoms with van der Waals surface area (Å²) in [6.07, 6.45) is 2.61. The lowest BCUT2D eigenvalue weighted by Gasteiger charge is -2.06. The van der Waals surface area contributed by atoms with Gasteiger partial charge in [-0.1, -0.05) is 29.8 Å². The van der Waals surface area contributed by atoms with Gasteiger partial charge in [-0.25, -0.2) is 4.39 Å². The van der Waals surface area contributed by atoms with Gasteiger partial charge >= 0.3 is 0 Å². The van der Waals surface area contributed by atoms with Crippen LogP contribution in [0.2, 0.25) is 5.02 Å². The Morgan fingerprint density at radius 2 is 2.00 bits per heavy atom. The van der Waals surface area contributed by atoms with Crippen molar-refractivity contribution in [2.75, 3.05) is 0 Å². The lowest BCUT2D eigenvalue weighted by Crippen LogP contribution is -1.98. The van der Waals surface area contributed by atoms with Crippen LogP contribution in [-0.4, -0.2) is 10.9 Å². The molecule has 3 rings (SSSR count). The standard InChI is InChI=1S/C16H11ClFNO/c17-13-5-11(6-14(18)7-13)8-19-9-12(10-20)15-3-1-2-4-16(15)19/h1-7,9-10H,8H2. The number of fused-ring (bicyclic) bond motifs is 1. The highest BCUT2D eigenvalue weighted by Crippen LogP contribution is 2.22. The van der Waals surface area contributed by atoms with Crippen LogP contribution in [0.15, 0.2) is 48.7 Å². The molecule has 0 unspecified atom stereocenters. The molecule has 4 heteroatoms. The summed E-state index contributed by atoms with van der Waals surface area (Å²) in [6.45, 7) is 0.464. The zero-order valence-corrected chi connectivity index (χ0v) is 11.3. The molecule has 0 saturated heterocycles. The summed E-state index contributed by atoms with van der Waals surface area (Å²) in [5, 5.41) is 1.26. The van der Waals surface area contributed by atoms with Crippen molar-refractivity contribution in [2.45, 2.75) is 6.54 Å². The maximum atomic E-state index is 13.4. The van der Waals surface area contributed by atoms with Gasteiger partial charge in [0, 0.05) is 34.2 Å². The third kappa shape index (κ3) is 2.32. The average molecular weight is 288 g/mol. The minimum atomic E-state index is -0.362. The van der Waals surface area contributed by atoms with Crippen molar-refractivity contribution in [1.29, 1.82) is 0 Å². The summed E-state index contributed by atoms with van der Waals surface area (Å²) >= 11 is 5.86. The van der Waals surface area contributed by atoms with Crippen LogP contribution in [-0.2, 0) is 6.54 Å². The summed E-state index contributed by atoms with van der Waals surface area (Å²) in [6, 6.07) is 12.1. The molecule has 1 heterocycles. The van der Waals surface area contributed by atoms with Crippen LogP contribution >= 0.6 is 11.6 Å². The van der Waals surface area contributed by atoms with Gasteiger partial charge in [-0.2, -0.15) is 0 Å². The Morgan fingerprint density at radius 1 is 1.20 bits per heavy atom. The molecule has 20 heavy (non-hydrogen) atoms. The van der Waals surface area contributed by atoms with Gasteiger partial charge in [0.05, 0.1) is 0 Å². The number of para-hydroxylation sites is 1. The number of hydrogen-bond acceptors (Lipinski definition) is 1. The zero-order valence-electron chi connectivity index (χ0n) is 10.5. The smallest absolute Gasteiger partial charge is 0.152 e. The maximum Gasteiger partial charge on any atom is 0.152 e. The fourth-order valence-corrected chi connectivity index (χ4v) is 2.64. The Morgan fingerprint density at radius 3 is 2.75 bits per heavy atom. The molecule has 0 radical (unpaired) electrons. The SMILES string of the molecule is O=Cc1cn(Cc2cc(F)cc(Cl)c2)c2ccccc12. The monoisotopic (exact) mass is 287 g/mol. The van der Waals surface area contributed by atoms with Gasteiger partial charge in [0.2, 0.25) is 0 Å². The molecular formula is C16H11ClFNO. The summed E-state index contributed by atoms with van der Waals surface area (Å²) in [5.74, 6) is -0.362. The Balaban J connectivity index is 2.08. The van der Waals surface area contributed by atoms with Crippen LogP contribution in [0.25, 0.3) is 10.9 Å². The van der Waals surface area contributed by atoms with E-state index in [1.807, 2.05) is 28.8 Å². The zero-order chi connectivity index (χ0) is 14.1. The van der Waals surface area contributed by atoms with E-state index in [4.69, 9.17) is 11.6 Å². The Kier molecular flexibility index (Phi) is 3.28. The van der Waals surface area contributed by atoms with E-state index in [1.165, 1.54) is 12.1 Å². The number of aromatic nitrogens is 1. The molecule has 100 valence electrons. The first-order valence-corrected chi connectivity index (χ1v) is 6.53. The third-order valence-corrected chi connectivity index (χ3v) is 3.44. The molecular weight excluding hydrogens is 277 g/mol. The molecule has 0 amide bonds. The van der Waals surface area contributed by atoms with Crippen LogP contribution in [0.5, 0.6) is 0 Å². The second-order valence-electron chi connectivity index (χ2n) is 4.63. The molecule has 2 nitrogen and oxygen atoms in total. The van der Waals surface area contributed by atoms with E-state index in [1.54, 1.807) is 12.3 Å². The largest absolute Gasteiger partial charge is 0.342 e. The van der Waals surface area contributed by atoms with E-state index in [2.05, 4.69) is 0 Å². The second-order valence-corrected chi connectivity index (χ2v) is 5.06. The molecule has 0 aliphatic heterocycles. The number of nitrogens with zero attached hydrogens (tertiary/aromatic N) is 1. The maximum absolute atomic E-state index is 13.4. The minimum Gasteiger partial charge on any atom is -0.342 e. The van der Waals surface area contributed by atoms with E-state index in [9.17, 15) is 9.18 Å². The highest BCUT2D eigenvalue weighted by atomic mass is 35.5. The summed E-state index contributed by atoms with van der Waals surface area (Å²) in [4.78, 5) is 11.1. The van der Waals surface area contributed by atoms with E-state index >= 15 is 0 Å². The molecule has 0 atom stereocenters. The molecule has 3 aromatic rings. The molecule has 0 fully saturated rings. The number of aldehydes is 1. The fourth-order valence-electron chi connectivity index (χ4n) is 2.40. The lowest BCUT2D eigenvalue weighted by molar-refractivity contribution is 0.112. The van der Waals surface area contributed by atoms with Gasteiger partial charge in [0.1, 0.15) is 5.82 Å². The second kappa shape index (κ2) is 5.10. The van der Waals surface area contributed by atoms with E-state index in [-0.39, 0.29) is 5.82 Å². The predicted octanol–water partition coefficient (Wildman–Crippen LogP) is 4.29. The first-order chi connectivity index (χ1) is 9.67. The predicted molar refractivity (Wildman–Crippen MR) is 77.8 cm³/mol. The van der Waals surface area contributed by atoms with Crippen molar-refractivity contribution in [3.63, 3.8) is 0 Å². The first-order valence-electron chi connectivity index (χ1n) is 6.15. The molecule has 0 N–H and O–H groups in total. The molecule has 0 bridgehead atoms. The number of hydrogen-bond donors (Lipinski definition) is 0. The topological polar surface area (TPSA) is 22.0 Å². The Bertz CT molecular complexity index is 774. The number of carbonyl (C=O) groups is 1. The van der Waals surface area contributed by atoms with E-state index in [0.29, 0.717) is 17.1 Å². The molecule has 0 aliphatic rings. The van der Waals surface area contributed by atoms with Crippen molar-refractivity contribution in [1.82, 2.24) is 4.57 Å². The number of halogens is 2. The number of carbonyl (C=O) groups excluding carboxylic acids is 1. The molecule has 0 spiro atoms. The molecule has 2 aromatic carbocycles. The van der Waals surface area contributed by atoms with Crippen LogP contribution in [0.3, 0.4) is 0 Å². The van der Waals surface area contributed by atoms with Crippen molar-refractivity contribution in [3.05, 3.63) is 70.6 Å². The quantitative estimate of drug-likeness (QED) is 0.659. The summed E-state index contributed by atoms with van der Waals surface area (Å²) in [7, 11) is 0.